The number of fused-ring (bicyclic) bond motifs is 2. The van der Waals surface area contributed by atoms with Crippen molar-refractivity contribution in [3.8, 4) is 11.5 Å². The van der Waals surface area contributed by atoms with E-state index in [0.29, 0.717) is 5.92 Å². The van der Waals surface area contributed by atoms with Crippen LogP contribution in [0.25, 0.3) is 10.9 Å². The molecule has 2 N–H and O–H groups in total. The molecule has 0 saturated carbocycles. The van der Waals surface area contributed by atoms with E-state index in [1.807, 2.05) is 30.0 Å². The summed E-state index contributed by atoms with van der Waals surface area (Å²) in [4.78, 5) is 18.1. The van der Waals surface area contributed by atoms with Crippen LogP contribution in [0.4, 0.5) is 4.79 Å². The summed E-state index contributed by atoms with van der Waals surface area (Å²) < 4.78 is 10.8. The molecule has 150 valence electrons. The Balaban J connectivity index is 1.20. The molecule has 6 nitrogen and oxygen atoms in total. The van der Waals surface area contributed by atoms with Crippen molar-refractivity contribution in [2.24, 2.45) is 0 Å². The number of amides is 2. The molecule has 2 aromatic carbocycles. The highest BCUT2D eigenvalue weighted by molar-refractivity contribution is 5.83. The van der Waals surface area contributed by atoms with Crippen LogP contribution in [0.5, 0.6) is 11.5 Å². The van der Waals surface area contributed by atoms with Gasteiger partial charge in [0.05, 0.1) is 6.04 Å². The van der Waals surface area contributed by atoms with Crippen LogP contribution in [0.15, 0.2) is 48.7 Å². The quantitative estimate of drug-likeness (QED) is 0.688. The monoisotopic (exact) mass is 391 g/mol. The summed E-state index contributed by atoms with van der Waals surface area (Å²) in [6.45, 7) is 3.78. The Morgan fingerprint density at radius 1 is 1.14 bits per heavy atom. The van der Waals surface area contributed by atoms with Crippen molar-refractivity contribution in [3.63, 3.8) is 0 Å². The van der Waals surface area contributed by atoms with E-state index in [-0.39, 0.29) is 18.9 Å². The first-order valence-electron chi connectivity index (χ1n) is 10.2. The fourth-order valence-electron chi connectivity index (χ4n) is 4.37. The second-order valence-corrected chi connectivity index (χ2v) is 7.83. The minimum Gasteiger partial charge on any atom is -0.454 e. The average molecular weight is 391 g/mol. The number of hydrogen-bond acceptors (Lipinski definition) is 3. The molecule has 2 aliphatic heterocycles. The predicted molar refractivity (Wildman–Crippen MR) is 111 cm³/mol. The maximum absolute atomic E-state index is 12.8. The lowest BCUT2D eigenvalue weighted by Crippen LogP contribution is -2.44. The van der Waals surface area contributed by atoms with Crippen LogP contribution in [0.1, 0.15) is 42.9 Å². The van der Waals surface area contributed by atoms with Crippen molar-refractivity contribution in [2.45, 2.75) is 31.7 Å². The number of para-hydroxylation sites is 1. The number of likely N-dealkylation sites (tertiary alicyclic amines) is 1. The third-order valence-corrected chi connectivity index (χ3v) is 6.08. The van der Waals surface area contributed by atoms with Gasteiger partial charge in [0, 0.05) is 30.2 Å². The van der Waals surface area contributed by atoms with E-state index in [2.05, 4.69) is 40.8 Å². The third kappa shape index (κ3) is 3.39. The molecule has 3 heterocycles. The second-order valence-electron chi connectivity index (χ2n) is 7.83. The Hall–Kier alpha value is -3.15. The summed E-state index contributed by atoms with van der Waals surface area (Å²) in [5.74, 6) is 1.98. The summed E-state index contributed by atoms with van der Waals surface area (Å²) in [5.41, 5.74) is 3.56. The molecular weight excluding hydrogens is 366 g/mol. The van der Waals surface area contributed by atoms with Crippen molar-refractivity contribution in [1.82, 2.24) is 15.2 Å². The molecule has 0 aliphatic carbocycles. The maximum atomic E-state index is 12.8. The molecule has 1 aromatic heterocycles. The van der Waals surface area contributed by atoms with Crippen LogP contribution < -0.4 is 14.8 Å². The van der Waals surface area contributed by atoms with Gasteiger partial charge in [-0.3, -0.25) is 0 Å². The molecule has 0 bridgehead atoms. The van der Waals surface area contributed by atoms with Gasteiger partial charge in [0.15, 0.2) is 11.5 Å². The lowest BCUT2D eigenvalue weighted by Gasteiger charge is -2.33. The van der Waals surface area contributed by atoms with E-state index in [1.54, 1.807) is 0 Å². The number of hydrogen-bond donors (Lipinski definition) is 2. The van der Waals surface area contributed by atoms with Gasteiger partial charge >= 0.3 is 6.03 Å². The number of piperidine rings is 1. The van der Waals surface area contributed by atoms with Crippen molar-refractivity contribution in [1.29, 1.82) is 0 Å². The Labute approximate surface area is 169 Å². The number of rotatable bonds is 3. The zero-order valence-electron chi connectivity index (χ0n) is 16.5. The molecule has 6 heteroatoms. The smallest absolute Gasteiger partial charge is 0.317 e. The van der Waals surface area contributed by atoms with E-state index >= 15 is 0 Å². The van der Waals surface area contributed by atoms with E-state index in [1.165, 1.54) is 16.5 Å². The van der Waals surface area contributed by atoms with Crippen molar-refractivity contribution in [3.05, 3.63) is 59.8 Å². The number of aromatic nitrogens is 1. The summed E-state index contributed by atoms with van der Waals surface area (Å²) in [5, 5.41) is 4.42. The lowest BCUT2D eigenvalue weighted by molar-refractivity contribution is 0.173. The van der Waals surface area contributed by atoms with Crippen molar-refractivity contribution < 1.29 is 14.3 Å². The van der Waals surface area contributed by atoms with Crippen molar-refractivity contribution >= 4 is 16.9 Å². The molecule has 5 rings (SSSR count). The number of nitrogens with one attached hydrogen (secondary N) is 2. The first-order chi connectivity index (χ1) is 14.2. The highest BCUT2D eigenvalue weighted by Crippen LogP contribution is 2.35. The Bertz CT molecular complexity index is 1040. The maximum Gasteiger partial charge on any atom is 0.317 e. The van der Waals surface area contributed by atoms with Crippen LogP contribution in [0.2, 0.25) is 0 Å². The molecule has 2 aliphatic rings. The van der Waals surface area contributed by atoms with Gasteiger partial charge in [-0.25, -0.2) is 4.79 Å². The first-order valence-corrected chi connectivity index (χ1v) is 10.2. The number of nitrogens with zero attached hydrogens (tertiary/aromatic N) is 1. The summed E-state index contributed by atoms with van der Waals surface area (Å²) >= 11 is 0. The molecule has 1 unspecified atom stereocenters. The summed E-state index contributed by atoms with van der Waals surface area (Å²) in [7, 11) is 0. The standard InChI is InChI=1S/C23H25N3O3/c1-15(17-6-7-21-22(12-17)29-14-28-21)25-23(27)26-10-8-16(9-11-26)19-13-24-20-5-3-2-4-18(19)20/h2-7,12-13,15-16,24H,8-11,14H2,1H3,(H,25,27). The van der Waals surface area contributed by atoms with Gasteiger partial charge in [0.1, 0.15) is 0 Å². The van der Waals surface area contributed by atoms with Gasteiger partial charge in [-0.15, -0.1) is 0 Å². The van der Waals surface area contributed by atoms with Crippen LogP contribution >= 0.6 is 0 Å². The number of urea groups is 1. The second kappa shape index (κ2) is 7.35. The molecule has 0 spiro atoms. The number of benzene rings is 2. The fourth-order valence-corrected chi connectivity index (χ4v) is 4.37. The van der Waals surface area contributed by atoms with Crippen LogP contribution in [0, 0.1) is 0 Å². The van der Waals surface area contributed by atoms with Crippen LogP contribution in [-0.2, 0) is 0 Å². The Kier molecular flexibility index (Phi) is 4.54. The minimum absolute atomic E-state index is 0.00690. The van der Waals surface area contributed by atoms with Crippen molar-refractivity contribution in [2.75, 3.05) is 19.9 Å². The average Bonchev–Trinajstić information content (AvgIpc) is 3.40. The zero-order valence-corrected chi connectivity index (χ0v) is 16.5. The molecule has 0 radical (unpaired) electrons. The Morgan fingerprint density at radius 3 is 2.79 bits per heavy atom. The van der Waals surface area contributed by atoms with E-state index in [4.69, 9.17) is 9.47 Å². The van der Waals surface area contributed by atoms with E-state index < -0.39 is 0 Å². The molecule has 1 atom stereocenters. The normalized spacial score (nSPS) is 17.5. The fraction of sp³-hybridized carbons (Fsp3) is 0.348. The van der Waals surface area contributed by atoms with Gasteiger partial charge in [0.25, 0.3) is 0 Å². The van der Waals surface area contributed by atoms with Gasteiger partial charge in [-0.1, -0.05) is 24.3 Å². The third-order valence-electron chi connectivity index (χ3n) is 6.08. The molecular formula is C23H25N3O3. The topological polar surface area (TPSA) is 66.6 Å². The van der Waals surface area contributed by atoms with Gasteiger partial charge in [-0.2, -0.15) is 0 Å². The summed E-state index contributed by atoms with van der Waals surface area (Å²) in [6.07, 6.45) is 4.09. The van der Waals surface area contributed by atoms with E-state index in [9.17, 15) is 4.79 Å². The molecule has 1 fully saturated rings. The number of H-pyrrole nitrogens is 1. The molecule has 2 amide bonds. The largest absolute Gasteiger partial charge is 0.454 e. The minimum atomic E-state index is -0.0941. The van der Waals surface area contributed by atoms with E-state index in [0.717, 1.165) is 43.0 Å². The molecule has 29 heavy (non-hydrogen) atoms. The lowest BCUT2D eigenvalue weighted by atomic mass is 9.89. The van der Waals surface area contributed by atoms with Crippen LogP contribution in [0.3, 0.4) is 0 Å². The van der Waals surface area contributed by atoms with Gasteiger partial charge in [-0.05, 0) is 55.0 Å². The number of ether oxygens (including phenoxy) is 2. The van der Waals surface area contributed by atoms with Gasteiger partial charge in [0.2, 0.25) is 6.79 Å². The first kappa shape index (κ1) is 17.9. The molecule has 3 aromatic rings. The number of carbonyl (C=O) groups is 1. The predicted octanol–water partition coefficient (Wildman–Crippen LogP) is 4.55. The molecule has 1 saturated heterocycles. The number of aromatic amines is 1. The van der Waals surface area contributed by atoms with Crippen LogP contribution in [-0.4, -0.2) is 35.8 Å². The van der Waals surface area contributed by atoms with Gasteiger partial charge < -0.3 is 24.7 Å². The number of carbonyl (C=O) groups excluding carboxylic acids is 1. The highest BCUT2D eigenvalue weighted by atomic mass is 16.7. The summed E-state index contributed by atoms with van der Waals surface area (Å²) in [6, 6.07) is 14.1. The zero-order chi connectivity index (χ0) is 19.8. The Morgan fingerprint density at radius 2 is 1.93 bits per heavy atom. The SMILES string of the molecule is CC(NC(=O)N1CCC(c2c[nH]c3ccccc23)CC1)c1ccc2c(c1)OCO2. The highest BCUT2D eigenvalue weighted by Gasteiger charge is 2.26.